The van der Waals surface area contributed by atoms with Crippen molar-refractivity contribution in [3.63, 3.8) is 0 Å². The molecule has 190 valence electrons. The monoisotopic (exact) mass is 531 g/mol. The summed E-state index contributed by atoms with van der Waals surface area (Å²) in [7, 11) is -4.69. The number of carbonyl (C=O) groups excluding carboxylic acids is 1. The molecule has 0 aliphatic carbocycles. The van der Waals surface area contributed by atoms with E-state index in [-0.39, 0.29) is 16.7 Å². The van der Waals surface area contributed by atoms with Crippen molar-refractivity contribution in [2.24, 2.45) is 0 Å². The molecule has 4 aromatic carbocycles. The molecule has 0 radical (unpaired) electrons. The Kier molecular flexibility index (Phi) is 5.33. The zero-order valence-corrected chi connectivity index (χ0v) is 20.6. The van der Waals surface area contributed by atoms with Crippen LogP contribution in [0.3, 0.4) is 0 Å². The quantitative estimate of drug-likeness (QED) is 0.250. The minimum absolute atomic E-state index is 0.0727. The molecule has 5 aromatic rings. The van der Waals surface area contributed by atoms with Crippen LogP contribution in [-0.2, 0) is 10.1 Å². The second kappa shape index (κ2) is 8.51. The molecule has 0 fully saturated rings. The Bertz CT molecular complexity index is 1960. The van der Waals surface area contributed by atoms with Crippen LogP contribution in [0.1, 0.15) is 27.0 Å². The molecule has 0 bridgehead atoms. The zero-order valence-electron chi connectivity index (χ0n) is 19.8. The molecule has 1 aliphatic rings. The Morgan fingerprint density at radius 2 is 1.76 bits per heavy atom. The van der Waals surface area contributed by atoms with Crippen LogP contribution in [0.5, 0.6) is 0 Å². The minimum atomic E-state index is -4.69. The lowest BCUT2D eigenvalue weighted by atomic mass is 9.90. The zero-order chi connectivity index (χ0) is 26.8. The van der Waals surface area contributed by atoms with E-state index in [0.717, 1.165) is 45.0 Å². The average Bonchev–Trinajstić information content (AvgIpc) is 3.23. The first-order valence-corrected chi connectivity index (χ1v) is 12.9. The van der Waals surface area contributed by atoms with Crippen molar-refractivity contribution in [3.8, 4) is 0 Å². The molecule has 0 unspecified atom stereocenters. The number of nitrogens with one attached hydrogen (secondary N) is 2. The van der Waals surface area contributed by atoms with Gasteiger partial charge in [-0.2, -0.15) is 8.42 Å². The first-order chi connectivity index (χ1) is 18.1. The fraction of sp³-hybridized carbons (Fsp3) is 0.0357. The van der Waals surface area contributed by atoms with E-state index in [2.05, 4.69) is 10.7 Å². The fourth-order valence-corrected chi connectivity index (χ4v) is 5.56. The highest BCUT2D eigenvalue weighted by Gasteiger charge is 2.23. The summed E-state index contributed by atoms with van der Waals surface area (Å²) in [5.41, 5.74) is 6.70. The highest BCUT2D eigenvalue weighted by atomic mass is 32.2. The van der Waals surface area contributed by atoms with Gasteiger partial charge in [-0.25, -0.2) is 8.78 Å². The molecule has 7 nitrogen and oxygen atoms in total. The Morgan fingerprint density at radius 1 is 1.00 bits per heavy atom. The van der Waals surface area contributed by atoms with Gasteiger partial charge in [-0.3, -0.25) is 19.4 Å². The van der Waals surface area contributed by atoms with Crippen LogP contribution < -0.4 is 10.7 Å². The molecule has 0 spiro atoms. The summed E-state index contributed by atoms with van der Waals surface area (Å²) in [5.74, 6) is -1.61. The number of benzene rings is 4. The smallest absolute Gasteiger partial charge is 0.296 e. The molecule has 1 aliphatic heterocycles. The Morgan fingerprint density at radius 3 is 2.53 bits per heavy atom. The van der Waals surface area contributed by atoms with Gasteiger partial charge < -0.3 is 5.32 Å². The Balaban J connectivity index is 1.48. The maximum atomic E-state index is 13.9. The van der Waals surface area contributed by atoms with Gasteiger partial charge in [0.05, 0.1) is 5.52 Å². The minimum Gasteiger partial charge on any atom is -0.354 e. The normalized spacial score (nSPS) is 12.9. The topological polar surface area (TPSA) is 100 Å². The Hall–Kier alpha value is -4.54. The van der Waals surface area contributed by atoms with Gasteiger partial charge in [0.1, 0.15) is 16.5 Å². The average molecular weight is 532 g/mol. The predicted molar refractivity (Wildman–Crippen MR) is 142 cm³/mol. The summed E-state index contributed by atoms with van der Waals surface area (Å²) in [4.78, 5) is 13.0. The molecule has 2 heterocycles. The number of nitrogens with zero attached hydrogens (tertiary/aromatic N) is 1. The van der Waals surface area contributed by atoms with E-state index in [9.17, 15) is 26.5 Å². The maximum Gasteiger partial charge on any atom is 0.296 e. The molecule has 10 heteroatoms. The number of fused-ring (bicyclic) bond motifs is 1. The standard InChI is InChI=1S/C28H19F2N3O4S/c1-15-20-13-24(16-4-2-6-18(29)10-16)31-23-7-3-5-17(27(20)23)11-21(15)28(34)32-33-14-26(38(35,36)37)22-12-19(30)8-9-25(22)33/h2-14,31H,1H3,(H,32,34)(H,35,36,37). The molecule has 1 aromatic heterocycles. The molecule has 3 N–H and O–H groups in total. The molecular formula is C28H19F2N3O4S. The third kappa shape index (κ3) is 3.90. The van der Waals surface area contributed by atoms with Crippen molar-refractivity contribution in [2.45, 2.75) is 11.8 Å². The SMILES string of the molecule is Cc1c(C(=O)Nn2cc(S(=O)(=O)O)c3cc(F)ccc32)cc2cccc3c2c1C=C(c1cccc(F)c1)N3. The van der Waals surface area contributed by atoms with Gasteiger partial charge in [0, 0.05) is 39.5 Å². The van der Waals surface area contributed by atoms with E-state index in [0.29, 0.717) is 22.4 Å². The molecule has 0 saturated carbocycles. The lowest BCUT2D eigenvalue weighted by Crippen LogP contribution is -2.23. The van der Waals surface area contributed by atoms with Crippen molar-refractivity contribution < 1.29 is 26.5 Å². The maximum absolute atomic E-state index is 13.9. The van der Waals surface area contributed by atoms with E-state index in [1.54, 1.807) is 25.1 Å². The van der Waals surface area contributed by atoms with Crippen LogP contribution in [0.15, 0.2) is 77.8 Å². The molecule has 38 heavy (non-hydrogen) atoms. The first-order valence-electron chi connectivity index (χ1n) is 11.5. The number of aromatic nitrogens is 1. The largest absolute Gasteiger partial charge is 0.354 e. The Labute approximate surface area is 215 Å². The molecule has 0 atom stereocenters. The summed E-state index contributed by atoms with van der Waals surface area (Å²) in [6.45, 7) is 1.79. The van der Waals surface area contributed by atoms with Gasteiger partial charge in [-0.15, -0.1) is 0 Å². The molecular weight excluding hydrogens is 512 g/mol. The van der Waals surface area contributed by atoms with Crippen molar-refractivity contribution >= 4 is 55.2 Å². The van der Waals surface area contributed by atoms with E-state index in [1.807, 2.05) is 24.3 Å². The van der Waals surface area contributed by atoms with E-state index in [4.69, 9.17) is 0 Å². The molecule has 1 amide bonds. The number of carbonyl (C=O) groups is 1. The van der Waals surface area contributed by atoms with Gasteiger partial charge in [0.2, 0.25) is 0 Å². The van der Waals surface area contributed by atoms with E-state index >= 15 is 0 Å². The van der Waals surface area contributed by atoms with Crippen molar-refractivity contribution in [1.82, 2.24) is 4.68 Å². The van der Waals surface area contributed by atoms with Crippen molar-refractivity contribution in [2.75, 3.05) is 10.7 Å². The van der Waals surface area contributed by atoms with E-state index in [1.165, 1.54) is 18.2 Å². The summed E-state index contributed by atoms with van der Waals surface area (Å²) in [6, 6.07) is 16.9. The van der Waals surface area contributed by atoms with Crippen LogP contribution >= 0.6 is 0 Å². The van der Waals surface area contributed by atoms with Gasteiger partial charge >= 0.3 is 0 Å². The second-order valence-corrected chi connectivity index (χ2v) is 10.4. The third-order valence-electron chi connectivity index (χ3n) is 6.64. The predicted octanol–water partition coefficient (Wildman–Crippen LogP) is 5.94. The number of rotatable bonds is 4. The highest BCUT2D eigenvalue weighted by Crippen LogP contribution is 2.39. The van der Waals surface area contributed by atoms with E-state index < -0.39 is 26.7 Å². The number of hydrogen-bond donors (Lipinski definition) is 3. The lowest BCUT2D eigenvalue weighted by molar-refractivity contribution is 0.101. The van der Waals surface area contributed by atoms with Crippen molar-refractivity contribution in [1.29, 1.82) is 0 Å². The summed E-state index contributed by atoms with van der Waals surface area (Å²) >= 11 is 0. The van der Waals surface area contributed by atoms with Gasteiger partial charge in [-0.1, -0.05) is 24.3 Å². The first kappa shape index (κ1) is 23.8. The molecule has 6 rings (SSSR count). The highest BCUT2D eigenvalue weighted by molar-refractivity contribution is 7.86. The van der Waals surface area contributed by atoms with Gasteiger partial charge in [0.25, 0.3) is 16.0 Å². The number of hydrogen-bond acceptors (Lipinski definition) is 4. The van der Waals surface area contributed by atoms with Gasteiger partial charge in [0.15, 0.2) is 0 Å². The van der Waals surface area contributed by atoms with Crippen LogP contribution in [0.4, 0.5) is 14.5 Å². The van der Waals surface area contributed by atoms with Crippen LogP contribution in [0, 0.1) is 18.6 Å². The number of halogens is 2. The summed E-state index contributed by atoms with van der Waals surface area (Å²) < 4.78 is 62.3. The lowest BCUT2D eigenvalue weighted by Gasteiger charge is -2.23. The number of anilines is 1. The summed E-state index contributed by atoms with van der Waals surface area (Å²) in [6.07, 6.45) is 2.89. The third-order valence-corrected chi connectivity index (χ3v) is 7.52. The summed E-state index contributed by atoms with van der Waals surface area (Å²) in [5, 5.41) is 4.95. The van der Waals surface area contributed by atoms with Crippen LogP contribution in [0.25, 0.3) is 33.4 Å². The van der Waals surface area contributed by atoms with Crippen molar-refractivity contribution in [3.05, 3.63) is 107 Å². The number of amides is 1. The molecule has 0 saturated heterocycles. The van der Waals surface area contributed by atoms with Gasteiger partial charge in [-0.05, 0) is 72.0 Å². The van der Waals surface area contributed by atoms with Crippen LogP contribution in [0.2, 0.25) is 0 Å². The second-order valence-electron chi connectivity index (χ2n) is 9.00. The van der Waals surface area contributed by atoms with Crippen LogP contribution in [-0.4, -0.2) is 23.6 Å². The fourth-order valence-electron chi connectivity index (χ4n) is 4.88.